The van der Waals surface area contributed by atoms with Crippen molar-refractivity contribution in [1.82, 2.24) is 19.7 Å². The molecule has 0 unspecified atom stereocenters. The molecule has 0 aliphatic carbocycles. The molecule has 25 heavy (non-hydrogen) atoms. The summed E-state index contributed by atoms with van der Waals surface area (Å²) < 4.78 is 0. The van der Waals surface area contributed by atoms with Gasteiger partial charge in [-0.3, -0.25) is 19.4 Å². The summed E-state index contributed by atoms with van der Waals surface area (Å²) in [5.41, 5.74) is 1.39. The number of amides is 3. The summed E-state index contributed by atoms with van der Waals surface area (Å²) in [5.74, 6) is -0.431. The normalized spacial score (nSPS) is 22.8. The molecule has 2 bridgehead atoms. The Balaban J connectivity index is 1.78. The van der Waals surface area contributed by atoms with Gasteiger partial charge >= 0.3 is 0 Å². The van der Waals surface area contributed by atoms with Crippen molar-refractivity contribution in [2.45, 2.75) is 25.8 Å². The van der Waals surface area contributed by atoms with Gasteiger partial charge in [0.15, 0.2) is 0 Å². The third-order valence-electron chi connectivity index (χ3n) is 5.04. The smallest absolute Gasteiger partial charge is 0.255 e. The maximum Gasteiger partial charge on any atom is 0.255 e. The van der Waals surface area contributed by atoms with Gasteiger partial charge in [0.2, 0.25) is 11.8 Å². The fourth-order valence-electron chi connectivity index (χ4n) is 3.48. The van der Waals surface area contributed by atoms with Gasteiger partial charge < -0.3 is 14.7 Å². The first-order valence-electron chi connectivity index (χ1n) is 8.59. The predicted molar refractivity (Wildman–Crippen MR) is 91.8 cm³/mol. The topological polar surface area (TPSA) is 73.8 Å². The largest absolute Gasteiger partial charge is 0.347 e. The van der Waals surface area contributed by atoms with Crippen molar-refractivity contribution in [3.05, 3.63) is 29.6 Å². The minimum absolute atomic E-state index is 0.0104. The number of hydrogen-bond donors (Lipinski definition) is 0. The molecule has 3 saturated heterocycles. The Hall–Kier alpha value is -2.44. The van der Waals surface area contributed by atoms with Crippen molar-refractivity contribution in [3.63, 3.8) is 0 Å². The van der Waals surface area contributed by atoms with E-state index in [0.29, 0.717) is 18.7 Å². The van der Waals surface area contributed by atoms with Gasteiger partial charge in [0.25, 0.3) is 5.91 Å². The molecule has 7 nitrogen and oxygen atoms in total. The van der Waals surface area contributed by atoms with Gasteiger partial charge in [0.1, 0.15) is 6.54 Å². The summed E-state index contributed by atoms with van der Waals surface area (Å²) in [6, 6.07) is 3.48. The number of carbonyl (C=O) groups is 3. The first-order chi connectivity index (χ1) is 11.9. The van der Waals surface area contributed by atoms with Crippen molar-refractivity contribution >= 4 is 17.7 Å². The number of hydrogen-bond acceptors (Lipinski definition) is 4. The van der Waals surface area contributed by atoms with Crippen LogP contribution in [0.25, 0.3) is 0 Å². The van der Waals surface area contributed by atoms with Crippen molar-refractivity contribution < 1.29 is 14.4 Å². The highest BCUT2D eigenvalue weighted by Crippen LogP contribution is 2.29. The van der Waals surface area contributed by atoms with Crippen molar-refractivity contribution in [2.75, 3.05) is 33.7 Å². The summed E-state index contributed by atoms with van der Waals surface area (Å²) in [6.07, 6.45) is 3.18. The number of likely N-dealkylation sites (N-methyl/N-ethyl adjacent to an activating group) is 1. The standard InChI is InChI=1S/C18H24N4O3/c1-12-4-5-13(8-19-12)17(24)21-9-14-6-7-15(10-21)22(18(14)25)11-16(23)20(2)3/h4-5,8,14-15H,6-7,9-11H2,1-3H3/t14-,15+/m0/s1. The lowest BCUT2D eigenvalue weighted by atomic mass is 9.94. The zero-order valence-corrected chi connectivity index (χ0v) is 14.9. The van der Waals surface area contributed by atoms with Crippen LogP contribution in [-0.4, -0.2) is 77.2 Å². The average molecular weight is 344 g/mol. The van der Waals surface area contributed by atoms with E-state index in [9.17, 15) is 14.4 Å². The third-order valence-corrected chi connectivity index (χ3v) is 5.04. The van der Waals surface area contributed by atoms with Crippen molar-refractivity contribution in [1.29, 1.82) is 0 Å². The van der Waals surface area contributed by atoms with E-state index in [1.165, 1.54) is 4.90 Å². The molecule has 0 N–H and O–H groups in total. The Kier molecular flexibility index (Phi) is 4.74. The second-order valence-corrected chi connectivity index (χ2v) is 7.08. The summed E-state index contributed by atoms with van der Waals surface area (Å²) in [6.45, 7) is 2.84. The summed E-state index contributed by atoms with van der Waals surface area (Å²) in [7, 11) is 3.37. The van der Waals surface area contributed by atoms with E-state index in [1.54, 1.807) is 36.2 Å². The van der Waals surface area contributed by atoms with E-state index in [4.69, 9.17) is 0 Å². The number of piperidine rings is 1. The highest BCUT2D eigenvalue weighted by Gasteiger charge is 2.42. The minimum atomic E-state index is -0.226. The molecule has 3 amide bonds. The highest BCUT2D eigenvalue weighted by molar-refractivity contribution is 5.95. The summed E-state index contributed by atoms with van der Waals surface area (Å²) in [4.78, 5) is 46.7. The first kappa shape index (κ1) is 17.4. The van der Waals surface area contributed by atoms with Gasteiger partial charge in [-0.05, 0) is 31.9 Å². The van der Waals surface area contributed by atoms with E-state index in [0.717, 1.165) is 18.5 Å². The Labute approximate surface area is 147 Å². The van der Waals surface area contributed by atoms with E-state index >= 15 is 0 Å². The van der Waals surface area contributed by atoms with Crippen LogP contribution in [-0.2, 0) is 9.59 Å². The fourth-order valence-corrected chi connectivity index (χ4v) is 3.48. The van der Waals surface area contributed by atoms with Crippen LogP contribution in [0.5, 0.6) is 0 Å². The van der Waals surface area contributed by atoms with Gasteiger partial charge in [-0.1, -0.05) is 0 Å². The molecule has 7 heteroatoms. The average Bonchev–Trinajstić information content (AvgIpc) is 2.87. The van der Waals surface area contributed by atoms with Crippen molar-refractivity contribution in [3.8, 4) is 0 Å². The van der Waals surface area contributed by atoms with Crippen LogP contribution < -0.4 is 0 Å². The second kappa shape index (κ2) is 6.82. The van der Waals surface area contributed by atoms with Gasteiger partial charge in [-0.2, -0.15) is 0 Å². The van der Waals surface area contributed by atoms with Crippen LogP contribution in [0.1, 0.15) is 28.9 Å². The molecular formula is C18H24N4O3. The van der Waals surface area contributed by atoms with Gasteiger partial charge in [0, 0.05) is 45.1 Å². The molecular weight excluding hydrogens is 320 g/mol. The highest BCUT2D eigenvalue weighted by atomic mass is 16.2. The van der Waals surface area contributed by atoms with Gasteiger partial charge in [0.05, 0.1) is 11.5 Å². The Morgan fingerprint density at radius 1 is 1.24 bits per heavy atom. The van der Waals surface area contributed by atoms with Gasteiger partial charge in [-0.25, -0.2) is 0 Å². The van der Waals surface area contributed by atoms with E-state index < -0.39 is 0 Å². The molecule has 1 aromatic rings. The fraction of sp³-hybridized carbons (Fsp3) is 0.556. The number of nitrogens with zero attached hydrogens (tertiary/aromatic N) is 4. The zero-order valence-electron chi connectivity index (χ0n) is 14.9. The maximum atomic E-state index is 12.8. The lowest BCUT2D eigenvalue weighted by Gasteiger charge is -2.35. The molecule has 4 heterocycles. The molecule has 0 aromatic carbocycles. The number of fused-ring (bicyclic) bond motifs is 4. The van der Waals surface area contributed by atoms with Gasteiger partial charge in [-0.15, -0.1) is 0 Å². The second-order valence-electron chi connectivity index (χ2n) is 7.08. The van der Waals surface area contributed by atoms with Crippen LogP contribution in [0.3, 0.4) is 0 Å². The van der Waals surface area contributed by atoms with Crippen LogP contribution in [0, 0.1) is 12.8 Å². The Morgan fingerprint density at radius 2 is 2.00 bits per heavy atom. The molecule has 0 saturated carbocycles. The van der Waals surface area contributed by atoms with E-state index in [-0.39, 0.29) is 36.2 Å². The number of pyridine rings is 1. The molecule has 1 aromatic heterocycles. The van der Waals surface area contributed by atoms with Crippen LogP contribution in [0.4, 0.5) is 0 Å². The molecule has 3 fully saturated rings. The quantitative estimate of drug-likeness (QED) is 0.802. The molecule has 3 aliphatic rings. The van der Waals surface area contributed by atoms with Crippen LogP contribution in [0.15, 0.2) is 18.3 Å². The number of carbonyl (C=O) groups excluding carboxylic acids is 3. The summed E-state index contributed by atoms with van der Waals surface area (Å²) >= 11 is 0. The zero-order chi connectivity index (χ0) is 18.1. The predicted octanol–water partition coefficient (Wildman–Crippen LogP) is 0.541. The lowest BCUT2D eigenvalue weighted by molar-refractivity contribution is -0.145. The maximum absolute atomic E-state index is 12.8. The van der Waals surface area contributed by atoms with Crippen molar-refractivity contribution in [2.24, 2.45) is 5.92 Å². The van der Waals surface area contributed by atoms with E-state index in [2.05, 4.69) is 4.98 Å². The molecule has 0 radical (unpaired) electrons. The number of rotatable bonds is 3. The monoisotopic (exact) mass is 344 g/mol. The van der Waals surface area contributed by atoms with E-state index in [1.807, 2.05) is 13.0 Å². The van der Waals surface area contributed by atoms with Crippen LogP contribution >= 0.6 is 0 Å². The first-order valence-corrected chi connectivity index (χ1v) is 8.59. The molecule has 2 atom stereocenters. The Bertz CT molecular complexity index is 686. The molecule has 4 rings (SSSR count). The Morgan fingerprint density at radius 3 is 2.64 bits per heavy atom. The molecule has 0 spiro atoms. The van der Waals surface area contributed by atoms with Crippen LogP contribution in [0.2, 0.25) is 0 Å². The number of aryl methyl sites for hydroxylation is 1. The lowest BCUT2D eigenvalue weighted by Crippen LogP contribution is -2.51. The summed E-state index contributed by atoms with van der Waals surface area (Å²) in [5, 5.41) is 0. The third kappa shape index (κ3) is 3.50. The minimum Gasteiger partial charge on any atom is -0.347 e. The molecule has 3 aliphatic heterocycles. The number of aromatic nitrogens is 1. The molecule has 134 valence electrons. The SMILES string of the molecule is Cc1ccc(C(=O)N2C[C@@H]3CC[C@H](C2)N(CC(=O)N(C)C)C3=O)cn1.